The molecule has 2 rings (SSSR count). The predicted octanol–water partition coefficient (Wildman–Crippen LogP) is 2.19. The number of pyridine rings is 1. The van der Waals surface area contributed by atoms with Gasteiger partial charge in [0, 0.05) is 12.1 Å². The predicted molar refractivity (Wildman–Crippen MR) is 75.9 cm³/mol. The first-order valence-electron chi connectivity index (χ1n) is 6.39. The largest absolute Gasteiger partial charge is 0.351 e. The summed E-state index contributed by atoms with van der Waals surface area (Å²) in [7, 11) is 0. The second-order valence-corrected chi connectivity index (χ2v) is 5.80. The SMILES string of the molecule is CC(C)C1(CNC(=O)c2cc(Cl)nc(NN)c2)CC1. The first-order valence-corrected chi connectivity index (χ1v) is 6.77. The highest BCUT2D eigenvalue weighted by atomic mass is 35.5. The fourth-order valence-corrected chi connectivity index (χ4v) is 2.39. The van der Waals surface area contributed by atoms with Crippen molar-refractivity contribution in [2.24, 2.45) is 17.2 Å². The molecule has 0 radical (unpaired) electrons. The van der Waals surface area contributed by atoms with Crippen molar-refractivity contribution in [2.45, 2.75) is 26.7 Å². The number of carbonyl (C=O) groups excluding carboxylic acids is 1. The van der Waals surface area contributed by atoms with Crippen molar-refractivity contribution in [2.75, 3.05) is 12.0 Å². The molecule has 0 unspecified atom stereocenters. The average Bonchev–Trinajstić information content (AvgIpc) is 3.16. The molecule has 1 aliphatic carbocycles. The van der Waals surface area contributed by atoms with Crippen LogP contribution in [0.5, 0.6) is 0 Å². The molecule has 0 saturated heterocycles. The topological polar surface area (TPSA) is 80.0 Å². The molecule has 1 aromatic rings. The summed E-state index contributed by atoms with van der Waals surface area (Å²) in [6.45, 7) is 5.09. The maximum atomic E-state index is 12.1. The van der Waals surface area contributed by atoms with Crippen LogP contribution in [0, 0.1) is 11.3 Å². The summed E-state index contributed by atoms with van der Waals surface area (Å²) in [5.41, 5.74) is 3.13. The lowest BCUT2D eigenvalue weighted by atomic mass is 9.92. The van der Waals surface area contributed by atoms with Crippen molar-refractivity contribution in [1.29, 1.82) is 0 Å². The number of hydrogen-bond donors (Lipinski definition) is 3. The molecule has 1 aliphatic rings. The first-order chi connectivity index (χ1) is 8.97. The Labute approximate surface area is 117 Å². The minimum Gasteiger partial charge on any atom is -0.351 e. The Kier molecular flexibility index (Phi) is 3.96. The summed E-state index contributed by atoms with van der Waals surface area (Å²) in [6, 6.07) is 3.11. The van der Waals surface area contributed by atoms with Crippen LogP contribution in [-0.2, 0) is 0 Å². The third kappa shape index (κ3) is 3.16. The van der Waals surface area contributed by atoms with Crippen LogP contribution in [0.2, 0.25) is 5.15 Å². The van der Waals surface area contributed by atoms with E-state index in [1.807, 2.05) is 0 Å². The highest BCUT2D eigenvalue weighted by Gasteiger charge is 2.45. The van der Waals surface area contributed by atoms with E-state index in [0.29, 0.717) is 23.8 Å². The van der Waals surface area contributed by atoms with E-state index in [0.717, 1.165) is 0 Å². The van der Waals surface area contributed by atoms with Gasteiger partial charge < -0.3 is 10.7 Å². The summed E-state index contributed by atoms with van der Waals surface area (Å²) in [6.07, 6.45) is 2.36. The maximum absolute atomic E-state index is 12.1. The van der Waals surface area contributed by atoms with Gasteiger partial charge >= 0.3 is 0 Å². The van der Waals surface area contributed by atoms with E-state index in [1.54, 1.807) is 6.07 Å². The molecule has 1 heterocycles. The second kappa shape index (κ2) is 5.35. The van der Waals surface area contributed by atoms with Crippen molar-refractivity contribution in [1.82, 2.24) is 10.3 Å². The molecular formula is C13H19ClN4O. The lowest BCUT2D eigenvalue weighted by Crippen LogP contribution is -2.32. The van der Waals surface area contributed by atoms with Gasteiger partial charge in [0.25, 0.3) is 5.91 Å². The van der Waals surface area contributed by atoms with E-state index in [9.17, 15) is 4.79 Å². The Balaban J connectivity index is 2.02. The zero-order chi connectivity index (χ0) is 14.0. The number of anilines is 1. The standard InChI is InChI=1S/C13H19ClN4O/c1-8(2)13(3-4-13)7-16-12(19)9-5-10(14)17-11(6-9)18-15/h5-6,8H,3-4,7,15H2,1-2H3,(H,16,19)(H,17,18). The number of amides is 1. The van der Waals surface area contributed by atoms with Gasteiger partial charge in [0.1, 0.15) is 11.0 Å². The molecule has 4 N–H and O–H groups in total. The number of nitrogens with zero attached hydrogens (tertiary/aromatic N) is 1. The number of hydrazine groups is 1. The average molecular weight is 283 g/mol. The molecule has 1 amide bonds. The fraction of sp³-hybridized carbons (Fsp3) is 0.538. The quantitative estimate of drug-likeness (QED) is 0.439. The van der Waals surface area contributed by atoms with Crippen LogP contribution in [0.4, 0.5) is 5.82 Å². The van der Waals surface area contributed by atoms with Crippen LogP contribution in [-0.4, -0.2) is 17.4 Å². The van der Waals surface area contributed by atoms with Gasteiger partial charge in [0.2, 0.25) is 0 Å². The number of nitrogen functional groups attached to an aromatic ring is 1. The number of hydrogen-bond acceptors (Lipinski definition) is 4. The molecule has 1 fully saturated rings. The smallest absolute Gasteiger partial charge is 0.251 e. The van der Waals surface area contributed by atoms with Crippen molar-refractivity contribution < 1.29 is 4.79 Å². The minimum absolute atomic E-state index is 0.146. The third-order valence-electron chi connectivity index (χ3n) is 3.92. The van der Waals surface area contributed by atoms with Gasteiger partial charge in [-0.15, -0.1) is 0 Å². The van der Waals surface area contributed by atoms with Gasteiger partial charge in [0.15, 0.2) is 0 Å². The molecule has 6 heteroatoms. The highest BCUT2D eigenvalue weighted by Crippen LogP contribution is 2.51. The van der Waals surface area contributed by atoms with Gasteiger partial charge in [-0.05, 0) is 36.3 Å². The Morgan fingerprint density at radius 3 is 2.74 bits per heavy atom. The minimum atomic E-state index is -0.146. The Morgan fingerprint density at radius 1 is 1.53 bits per heavy atom. The van der Waals surface area contributed by atoms with Crippen molar-refractivity contribution in [3.05, 3.63) is 22.8 Å². The van der Waals surface area contributed by atoms with E-state index >= 15 is 0 Å². The molecule has 1 saturated carbocycles. The van der Waals surface area contributed by atoms with E-state index in [1.165, 1.54) is 18.9 Å². The summed E-state index contributed by atoms with van der Waals surface area (Å²) in [4.78, 5) is 16.0. The molecule has 0 spiro atoms. The van der Waals surface area contributed by atoms with E-state index in [-0.39, 0.29) is 16.5 Å². The van der Waals surface area contributed by atoms with Crippen molar-refractivity contribution >= 4 is 23.3 Å². The van der Waals surface area contributed by atoms with E-state index in [4.69, 9.17) is 17.4 Å². The van der Waals surface area contributed by atoms with Gasteiger partial charge in [0.05, 0.1) is 0 Å². The summed E-state index contributed by atoms with van der Waals surface area (Å²) >= 11 is 5.84. The lowest BCUT2D eigenvalue weighted by molar-refractivity contribution is 0.0939. The number of halogens is 1. The number of nitrogens with two attached hydrogens (primary N) is 1. The van der Waals surface area contributed by atoms with Crippen LogP contribution >= 0.6 is 11.6 Å². The summed E-state index contributed by atoms with van der Waals surface area (Å²) in [5.74, 6) is 6.09. The van der Waals surface area contributed by atoms with Gasteiger partial charge in [-0.1, -0.05) is 25.4 Å². The van der Waals surface area contributed by atoms with E-state index < -0.39 is 0 Å². The number of rotatable bonds is 5. The molecule has 0 atom stereocenters. The van der Waals surface area contributed by atoms with Gasteiger partial charge in [-0.25, -0.2) is 10.8 Å². The summed E-state index contributed by atoms with van der Waals surface area (Å²) < 4.78 is 0. The molecule has 104 valence electrons. The van der Waals surface area contributed by atoms with Crippen molar-refractivity contribution in [3.8, 4) is 0 Å². The molecule has 1 aromatic heterocycles. The zero-order valence-corrected chi connectivity index (χ0v) is 11.9. The molecular weight excluding hydrogens is 264 g/mol. The van der Waals surface area contributed by atoms with Crippen LogP contribution < -0.4 is 16.6 Å². The lowest BCUT2D eigenvalue weighted by Gasteiger charge is -2.20. The monoisotopic (exact) mass is 282 g/mol. The molecule has 0 bridgehead atoms. The van der Waals surface area contributed by atoms with Gasteiger partial charge in [-0.2, -0.15) is 0 Å². The number of aromatic nitrogens is 1. The van der Waals surface area contributed by atoms with Crippen LogP contribution in [0.3, 0.4) is 0 Å². The molecule has 5 nitrogen and oxygen atoms in total. The Bertz CT molecular complexity index is 486. The molecule has 19 heavy (non-hydrogen) atoms. The van der Waals surface area contributed by atoms with Crippen LogP contribution in [0.25, 0.3) is 0 Å². The third-order valence-corrected chi connectivity index (χ3v) is 4.12. The first kappa shape index (κ1) is 14.1. The zero-order valence-electron chi connectivity index (χ0n) is 11.2. The summed E-state index contributed by atoms with van der Waals surface area (Å²) in [5, 5.41) is 3.21. The normalized spacial score (nSPS) is 16.3. The van der Waals surface area contributed by atoms with Crippen LogP contribution in [0.1, 0.15) is 37.0 Å². The van der Waals surface area contributed by atoms with Gasteiger partial charge in [-0.3, -0.25) is 4.79 Å². The van der Waals surface area contributed by atoms with Crippen LogP contribution in [0.15, 0.2) is 12.1 Å². The second-order valence-electron chi connectivity index (χ2n) is 5.41. The maximum Gasteiger partial charge on any atom is 0.251 e. The fourth-order valence-electron chi connectivity index (χ4n) is 2.18. The molecule has 0 aromatic carbocycles. The highest BCUT2D eigenvalue weighted by molar-refractivity contribution is 6.29. The van der Waals surface area contributed by atoms with Crippen molar-refractivity contribution in [3.63, 3.8) is 0 Å². The number of carbonyl (C=O) groups is 1. The Morgan fingerprint density at radius 2 is 2.21 bits per heavy atom. The molecule has 0 aliphatic heterocycles. The Hall–Kier alpha value is -1.33. The number of nitrogens with one attached hydrogen (secondary N) is 2. The van der Waals surface area contributed by atoms with E-state index in [2.05, 4.69) is 29.6 Å².